The molecule has 0 saturated carbocycles. The molecule has 0 aliphatic heterocycles. The van der Waals surface area contributed by atoms with Crippen LogP contribution in [0.5, 0.6) is 0 Å². The number of ether oxygens (including phenoxy) is 3. The first-order valence-corrected chi connectivity index (χ1v) is 28.8. The maximum absolute atomic E-state index is 12.8. The number of carbonyl (C=O) groups is 3. The molecule has 0 spiro atoms. The summed E-state index contributed by atoms with van der Waals surface area (Å²) in [7, 11) is 0. The summed E-state index contributed by atoms with van der Waals surface area (Å²) in [6, 6.07) is 0. The number of allylic oxidation sites excluding steroid dienone is 30. The smallest absolute Gasteiger partial charge is 0.306 e. The zero-order chi connectivity index (χ0) is 53.6. The van der Waals surface area contributed by atoms with E-state index in [4.69, 9.17) is 14.2 Å². The second kappa shape index (κ2) is 60.1. The van der Waals surface area contributed by atoms with E-state index in [1.54, 1.807) is 0 Å². The summed E-state index contributed by atoms with van der Waals surface area (Å²) in [6.07, 6.45) is 90.5. The van der Waals surface area contributed by atoms with Gasteiger partial charge in [0.25, 0.3) is 0 Å². The third kappa shape index (κ3) is 57.4. The minimum Gasteiger partial charge on any atom is -0.462 e. The van der Waals surface area contributed by atoms with Crippen molar-refractivity contribution in [2.45, 2.75) is 213 Å². The minimum atomic E-state index is -0.844. The molecule has 6 nitrogen and oxygen atoms in total. The normalized spacial score (nSPS) is 13.5. The predicted octanol–water partition coefficient (Wildman–Crippen LogP) is 19.7. The van der Waals surface area contributed by atoms with Crippen LogP contribution in [0.25, 0.3) is 0 Å². The highest BCUT2D eigenvalue weighted by atomic mass is 16.6. The zero-order valence-corrected chi connectivity index (χ0v) is 46.8. The van der Waals surface area contributed by atoms with Crippen molar-refractivity contribution in [3.63, 3.8) is 0 Å². The number of unbranched alkanes of at least 4 members (excludes halogenated alkanes) is 8. The third-order valence-electron chi connectivity index (χ3n) is 11.1. The predicted molar refractivity (Wildman–Crippen MR) is 320 cm³/mol. The molecular formula is C68H102O6. The molecule has 0 aromatic carbocycles. The SMILES string of the molecule is CC/C=C\C/C=C\C/C=C\C/C=C\C/C=C\C/C=C\C/C=C\C/C=C\C/C=C\CCCC(=O)OCC(COC(=O)CCCCCCC/C=C\CCC)OC(=O)CCC/C=C\C/C=C\C/C=C\C/C=C\C/C=C\CC. The average Bonchev–Trinajstić information content (AvgIpc) is 3.40. The first-order valence-electron chi connectivity index (χ1n) is 28.8. The molecule has 0 aliphatic rings. The fraction of sp³-hybridized carbons (Fsp3) is 0.515. The van der Waals surface area contributed by atoms with Crippen molar-refractivity contribution in [2.24, 2.45) is 0 Å². The van der Waals surface area contributed by atoms with Gasteiger partial charge >= 0.3 is 17.9 Å². The number of rotatable bonds is 49. The highest BCUT2D eigenvalue weighted by Crippen LogP contribution is 2.11. The summed E-state index contributed by atoms with van der Waals surface area (Å²) in [5.41, 5.74) is 0. The van der Waals surface area contributed by atoms with E-state index in [9.17, 15) is 14.4 Å². The fourth-order valence-electron chi connectivity index (χ4n) is 6.89. The van der Waals surface area contributed by atoms with E-state index in [0.717, 1.165) is 141 Å². The Labute approximate surface area is 453 Å². The number of carbonyl (C=O) groups excluding carboxylic acids is 3. The molecule has 0 fully saturated rings. The Hall–Kier alpha value is -5.49. The Bertz CT molecular complexity index is 1780. The highest BCUT2D eigenvalue weighted by molar-refractivity contribution is 5.71. The molecule has 1 unspecified atom stereocenters. The monoisotopic (exact) mass is 1010 g/mol. The minimum absolute atomic E-state index is 0.133. The Balaban J connectivity index is 4.49. The summed E-state index contributed by atoms with van der Waals surface area (Å²) in [5, 5.41) is 0. The lowest BCUT2D eigenvalue weighted by Crippen LogP contribution is -2.30. The van der Waals surface area contributed by atoms with Crippen LogP contribution in [0.1, 0.15) is 207 Å². The lowest BCUT2D eigenvalue weighted by molar-refractivity contribution is -0.167. The van der Waals surface area contributed by atoms with Crippen molar-refractivity contribution in [1.29, 1.82) is 0 Å². The Morgan fingerprint density at radius 2 is 0.541 bits per heavy atom. The van der Waals surface area contributed by atoms with Gasteiger partial charge in [-0.3, -0.25) is 14.4 Å². The summed E-state index contributed by atoms with van der Waals surface area (Å²) < 4.78 is 16.7. The Kier molecular flexibility index (Phi) is 55.6. The summed E-state index contributed by atoms with van der Waals surface area (Å²) in [5.74, 6) is -1.08. The quantitative estimate of drug-likeness (QED) is 0.0261. The van der Waals surface area contributed by atoms with Gasteiger partial charge in [-0.2, -0.15) is 0 Å². The first-order chi connectivity index (χ1) is 36.5. The van der Waals surface area contributed by atoms with E-state index in [0.29, 0.717) is 19.3 Å². The standard InChI is InChI=1S/C68H102O6/c1-4-7-10-13-16-19-22-24-26-28-29-30-31-32-33-34-35-36-37-38-39-41-42-44-46-49-52-55-58-61-67(70)73-64-65(63-72-66(69)60-57-54-51-48-21-18-15-12-9-6-3)74-68(71)62-59-56-53-50-47-45-43-40-27-25-23-20-17-14-11-8-5-2/h7-8,10-12,15-17,19-20,24-27,29-30,32-33,35-36,38-39,42-45,49-50,52-53,65H,4-6,9,13-14,18,21-23,28,31,34,37,40-41,46-48,51,54-64H2,1-3H3/b10-7-,11-8-,15-12-,19-16-,20-17-,26-24-,27-25-,30-29-,33-32-,36-35-,39-38-,44-42-,45-43-,52-49-,53-50-. The molecule has 74 heavy (non-hydrogen) atoms. The van der Waals surface area contributed by atoms with Crippen LogP contribution in [-0.4, -0.2) is 37.2 Å². The molecule has 0 bridgehead atoms. The Morgan fingerprint density at radius 1 is 0.284 bits per heavy atom. The van der Waals surface area contributed by atoms with Crippen molar-refractivity contribution < 1.29 is 28.6 Å². The Morgan fingerprint density at radius 3 is 0.892 bits per heavy atom. The van der Waals surface area contributed by atoms with Gasteiger partial charge in [-0.1, -0.05) is 229 Å². The molecule has 410 valence electrons. The first kappa shape index (κ1) is 68.5. The van der Waals surface area contributed by atoms with Crippen molar-refractivity contribution in [3.8, 4) is 0 Å². The van der Waals surface area contributed by atoms with E-state index in [1.165, 1.54) is 12.8 Å². The van der Waals surface area contributed by atoms with Gasteiger partial charge in [-0.25, -0.2) is 0 Å². The maximum atomic E-state index is 12.8. The van der Waals surface area contributed by atoms with Gasteiger partial charge in [0, 0.05) is 19.3 Å². The highest BCUT2D eigenvalue weighted by Gasteiger charge is 2.19. The van der Waals surface area contributed by atoms with E-state index in [1.807, 2.05) is 0 Å². The summed E-state index contributed by atoms with van der Waals surface area (Å²) in [6.45, 7) is 6.21. The number of esters is 3. The molecule has 0 rings (SSSR count). The van der Waals surface area contributed by atoms with Crippen LogP contribution in [0.15, 0.2) is 182 Å². The van der Waals surface area contributed by atoms with Crippen LogP contribution in [0, 0.1) is 0 Å². The molecule has 0 N–H and O–H groups in total. The van der Waals surface area contributed by atoms with Crippen molar-refractivity contribution in [1.82, 2.24) is 0 Å². The molecule has 0 aliphatic carbocycles. The van der Waals surface area contributed by atoms with Gasteiger partial charge in [0.1, 0.15) is 13.2 Å². The fourth-order valence-corrected chi connectivity index (χ4v) is 6.89. The van der Waals surface area contributed by atoms with Gasteiger partial charge < -0.3 is 14.2 Å². The number of hydrogen-bond acceptors (Lipinski definition) is 6. The lowest BCUT2D eigenvalue weighted by Gasteiger charge is -2.18. The van der Waals surface area contributed by atoms with Crippen LogP contribution in [0.3, 0.4) is 0 Å². The molecule has 0 amide bonds. The van der Waals surface area contributed by atoms with E-state index < -0.39 is 12.1 Å². The van der Waals surface area contributed by atoms with E-state index >= 15 is 0 Å². The largest absolute Gasteiger partial charge is 0.462 e. The maximum Gasteiger partial charge on any atom is 0.306 e. The van der Waals surface area contributed by atoms with Gasteiger partial charge in [0.05, 0.1) is 0 Å². The van der Waals surface area contributed by atoms with Crippen molar-refractivity contribution >= 4 is 17.9 Å². The lowest BCUT2D eigenvalue weighted by atomic mass is 10.1. The molecule has 0 aromatic heterocycles. The van der Waals surface area contributed by atoms with E-state index in [2.05, 4.69) is 203 Å². The van der Waals surface area contributed by atoms with Crippen molar-refractivity contribution in [3.05, 3.63) is 182 Å². The molecule has 1 atom stereocenters. The molecular weight excluding hydrogens is 913 g/mol. The van der Waals surface area contributed by atoms with Gasteiger partial charge in [0.2, 0.25) is 0 Å². The van der Waals surface area contributed by atoms with Crippen LogP contribution < -0.4 is 0 Å². The zero-order valence-electron chi connectivity index (χ0n) is 46.8. The van der Waals surface area contributed by atoms with Crippen LogP contribution in [0.4, 0.5) is 0 Å². The van der Waals surface area contributed by atoms with Gasteiger partial charge in [0.15, 0.2) is 6.10 Å². The number of hydrogen-bond donors (Lipinski definition) is 0. The molecule has 0 saturated heterocycles. The third-order valence-corrected chi connectivity index (χ3v) is 11.1. The molecule has 6 heteroatoms. The molecule has 0 aromatic rings. The van der Waals surface area contributed by atoms with Crippen LogP contribution in [0.2, 0.25) is 0 Å². The van der Waals surface area contributed by atoms with Crippen LogP contribution in [-0.2, 0) is 28.6 Å². The summed E-state index contributed by atoms with van der Waals surface area (Å²) >= 11 is 0. The van der Waals surface area contributed by atoms with Crippen molar-refractivity contribution in [2.75, 3.05) is 13.2 Å². The second-order valence-electron chi connectivity index (χ2n) is 18.1. The van der Waals surface area contributed by atoms with Gasteiger partial charge in [-0.15, -0.1) is 0 Å². The second-order valence-corrected chi connectivity index (χ2v) is 18.1. The summed E-state index contributed by atoms with van der Waals surface area (Å²) in [4.78, 5) is 38.0. The molecule has 0 radical (unpaired) electrons. The van der Waals surface area contributed by atoms with Crippen LogP contribution >= 0.6 is 0 Å². The average molecular weight is 1020 g/mol. The van der Waals surface area contributed by atoms with Gasteiger partial charge in [-0.05, 0) is 141 Å². The topological polar surface area (TPSA) is 78.9 Å². The molecule has 0 heterocycles. The van der Waals surface area contributed by atoms with E-state index in [-0.39, 0.29) is 38.0 Å².